The van der Waals surface area contributed by atoms with E-state index in [1.165, 1.54) is 56.9 Å². The number of aliphatic carboxylic acids is 1. The van der Waals surface area contributed by atoms with Gasteiger partial charge in [-0.05, 0) is 158 Å². The number of carbonyl (C=O) groups excluding carboxylic acids is 3. The fraction of sp³-hybridized carbons (Fsp3) is 0.631. The summed E-state index contributed by atoms with van der Waals surface area (Å²) in [6, 6.07) is 25.5. The van der Waals surface area contributed by atoms with Crippen molar-refractivity contribution >= 4 is 23.8 Å². The van der Waals surface area contributed by atoms with Crippen LogP contribution in [0.2, 0.25) is 0 Å². The Labute approximate surface area is 454 Å². The van der Waals surface area contributed by atoms with Gasteiger partial charge in [0.25, 0.3) is 0 Å². The molecule has 0 aliphatic heterocycles. The predicted octanol–water partition coefficient (Wildman–Crippen LogP) is 14.1. The highest BCUT2D eigenvalue weighted by Gasteiger charge is 2.59. The quantitative estimate of drug-likeness (QED) is 0.0364. The van der Waals surface area contributed by atoms with Crippen LogP contribution in [0.15, 0.2) is 90.5 Å². The van der Waals surface area contributed by atoms with E-state index in [1.54, 1.807) is 14.2 Å². The van der Waals surface area contributed by atoms with Crippen molar-refractivity contribution in [1.29, 1.82) is 0 Å². The van der Waals surface area contributed by atoms with Crippen molar-refractivity contribution in [2.24, 2.45) is 58.2 Å². The highest BCUT2D eigenvalue weighted by atomic mass is 16.6. The lowest BCUT2D eigenvalue weighted by molar-refractivity contribution is -0.155. The third-order valence-corrected chi connectivity index (χ3v) is 19.5. The van der Waals surface area contributed by atoms with Crippen LogP contribution in [0, 0.1) is 58.2 Å². The second kappa shape index (κ2) is 25.5. The molecular formula is C65H89NO10. The molecule has 0 aromatic heterocycles. The number of amides is 1. The summed E-state index contributed by atoms with van der Waals surface area (Å²) in [4.78, 5) is 51.6. The Morgan fingerprint density at radius 2 is 1.41 bits per heavy atom. The average Bonchev–Trinajstić information content (AvgIpc) is 4.00. The number of carboxylic acids is 1. The number of ether oxygens (including phenoxy) is 5. The van der Waals surface area contributed by atoms with Crippen LogP contribution >= 0.6 is 0 Å². The van der Waals surface area contributed by atoms with E-state index in [2.05, 4.69) is 46.0 Å². The topological polar surface area (TPSA) is 147 Å². The van der Waals surface area contributed by atoms with Crippen molar-refractivity contribution in [3.8, 4) is 11.5 Å². The van der Waals surface area contributed by atoms with Crippen molar-refractivity contribution in [3.05, 3.63) is 107 Å². The summed E-state index contributed by atoms with van der Waals surface area (Å²) in [6.45, 7) is 13.1. The van der Waals surface area contributed by atoms with Gasteiger partial charge in [0.05, 0.1) is 33.7 Å². The number of unbranched alkanes of at least 4 members (excludes halogenated alkanes) is 2. The van der Waals surface area contributed by atoms with Gasteiger partial charge < -0.3 is 34.1 Å². The molecule has 414 valence electrons. The molecule has 3 aromatic rings. The number of rotatable bonds is 25. The lowest BCUT2D eigenvalue weighted by atomic mass is 9.47. The normalized spacial score (nSPS) is 28.3. The summed E-state index contributed by atoms with van der Waals surface area (Å²) < 4.78 is 30.3. The molecule has 11 atom stereocenters. The second-order valence-electron chi connectivity index (χ2n) is 24.4. The van der Waals surface area contributed by atoms with Crippen LogP contribution in [-0.2, 0) is 34.2 Å². The molecule has 0 radical (unpaired) electrons. The van der Waals surface area contributed by atoms with E-state index >= 15 is 0 Å². The standard InChI is InChI=1S/C65H89NO10/c1-43(2)15-14-16-44(3)55-30-31-56-54-29-24-50-41-53(34-36-63(50,4)57(54)35-37-64(55,56)5)75-62(71)66-38-13-9-12-19-58(67)45-39-46(59(40-45)76-61(70)33-32-60(68)69)42-74-65(47-17-10-8-11-18-47,48-20-25-51(72-6)26-21-48)49-22-27-52(73-7)28-23-49/h8,10-11,17-18,20-28,43-46,53-57,59H,9,12-16,19,29-42H2,1-7H3,(H,66,71)(H,68,69)/t44?,45?,46?,53?,54?,55-,56?,57?,59?,63+,64-/m1/s1. The van der Waals surface area contributed by atoms with Crippen LogP contribution in [0.4, 0.5) is 4.79 Å². The fourth-order valence-electron chi connectivity index (χ4n) is 15.4. The Morgan fingerprint density at radius 1 is 0.724 bits per heavy atom. The van der Waals surface area contributed by atoms with E-state index in [4.69, 9.17) is 23.7 Å². The minimum Gasteiger partial charge on any atom is -0.497 e. The summed E-state index contributed by atoms with van der Waals surface area (Å²) in [6.07, 6.45) is 17.7. The highest BCUT2D eigenvalue weighted by molar-refractivity contribution is 5.81. The summed E-state index contributed by atoms with van der Waals surface area (Å²) in [5, 5.41) is 12.3. The summed E-state index contributed by atoms with van der Waals surface area (Å²) in [7, 11) is 3.25. The van der Waals surface area contributed by atoms with Crippen LogP contribution in [0.25, 0.3) is 0 Å². The third kappa shape index (κ3) is 12.9. The molecule has 0 spiro atoms. The lowest BCUT2D eigenvalue weighted by Gasteiger charge is -2.58. The number of benzene rings is 3. The zero-order valence-electron chi connectivity index (χ0n) is 46.8. The summed E-state index contributed by atoms with van der Waals surface area (Å²) in [5.74, 6) is 3.87. The number of methoxy groups -OCH3 is 2. The van der Waals surface area contributed by atoms with Gasteiger partial charge in [-0.2, -0.15) is 0 Å². The Balaban J connectivity index is 0.827. The van der Waals surface area contributed by atoms with Crippen molar-refractivity contribution in [2.75, 3.05) is 27.4 Å². The van der Waals surface area contributed by atoms with Crippen LogP contribution in [0.5, 0.6) is 11.5 Å². The second-order valence-corrected chi connectivity index (χ2v) is 24.4. The molecule has 4 fully saturated rings. The molecule has 0 heterocycles. The molecule has 76 heavy (non-hydrogen) atoms. The first-order valence-corrected chi connectivity index (χ1v) is 29.1. The summed E-state index contributed by atoms with van der Waals surface area (Å²) >= 11 is 0. The Hall–Kier alpha value is -5.16. The molecule has 2 N–H and O–H groups in total. The van der Waals surface area contributed by atoms with E-state index < -0.39 is 23.6 Å². The van der Waals surface area contributed by atoms with E-state index in [9.17, 15) is 24.3 Å². The molecule has 1 amide bonds. The number of carboxylic acid groups (broad SMARTS) is 1. The van der Waals surface area contributed by atoms with Gasteiger partial charge in [-0.25, -0.2) is 4.79 Å². The van der Waals surface area contributed by atoms with Gasteiger partial charge in [0.15, 0.2) is 0 Å². The molecule has 8 rings (SSSR count). The maximum atomic E-state index is 14.0. The highest BCUT2D eigenvalue weighted by Crippen LogP contribution is 2.67. The van der Waals surface area contributed by atoms with Gasteiger partial charge in [-0.15, -0.1) is 0 Å². The van der Waals surface area contributed by atoms with E-state index in [1.807, 2.05) is 78.9 Å². The number of nitrogens with one attached hydrogen (secondary N) is 1. The number of esters is 1. The first-order chi connectivity index (χ1) is 36.6. The Bertz CT molecular complexity index is 2390. The van der Waals surface area contributed by atoms with Gasteiger partial charge in [0.2, 0.25) is 0 Å². The van der Waals surface area contributed by atoms with Crippen molar-refractivity contribution in [1.82, 2.24) is 5.32 Å². The van der Waals surface area contributed by atoms with E-state index in [0.717, 1.165) is 84.3 Å². The number of fused-ring (bicyclic) bond motifs is 5. The maximum Gasteiger partial charge on any atom is 0.407 e. The van der Waals surface area contributed by atoms with Crippen LogP contribution in [-0.4, -0.2) is 68.5 Å². The minimum atomic E-state index is -1.11. The molecule has 11 heteroatoms. The first-order valence-electron chi connectivity index (χ1n) is 29.1. The molecular weight excluding hydrogens is 955 g/mol. The number of Topliss-reactive ketones (excluding diaryl/α,β-unsaturated/α-hetero) is 1. The van der Waals surface area contributed by atoms with Crippen molar-refractivity contribution < 1.29 is 48.0 Å². The summed E-state index contributed by atoms with van der Waals surface area (Å²) in [5.41, 5.74) is 3.66. The fourth-order valence-corrected chi connectivity index (χ4v) is 15.4. The van der Waals surface area contributed by atoms with Gasteiger partial charge in [-0.1, -0.05) is 127 Å². The monoisotopic (exact) mass is 1040 g/mol. The van der Waals surface area contributed by atoms with Crippen molar-refractivity contribution in [3.63, 3.8) is 0 Å². The van der Waals surface area contributed by atoms with Gasteiger partial charge in [-0.3, -0.25) is 14.4 Å². The Kier molecular flexibility index (Phi) is 19.2. The zero-order valence-corrected chi connectivity index (χ0v) is 46.8. The number of allylic oxidation sites excluding steroid dienone is 1. The SMILES string of the molecule is COc1ccc(C(OCC2CC(C(=O)CCCCCNC(=O)OC3CC[C@@]4(C)C(=CCC5C4CC[C@@]4(C)C5CC[C@@H]4C(C)CCCC(C)C)C3)CC2OC(=O)CCC(=O)O)(c2ccccc2)c2ccc(OC)cc2)cc1. The van der Waals surface area contributed by atoms with Crippen LogP contribution in [0.1, 0.15) is 173 Å². The largest absolute Gasteiger partial charge is 0.497 e. The maximum absolute atomic E-state index is 14.0. The molecule has 4 saturated carbocycles. The van der Waals surface area contributed by atoms with Crippen molar-refractivity contribution in [2.45, 2.75) is 174 Å². The van der Waals surface area contributed by atoms with E-state index in [-0.39, 0.29) is 54.7 Å². The lowest BCUT2D eigenvalue weighted by Crippen LogP contribution is -2.51. The average molecular weight is 1040 g/mol. The molecule has 5 aliphatic carbocycles. The van der Waals surface area contributed by atoms with Gasteiger partial charge in [0.1, 0.15) is 35.1 Å². The smallest absolute Gasteiger partial charge is 0.407 e. The molecule has 0 saturated heterocycles. The molecule has 8 unspecified atom stereocenters. The Morgan fingerprint density at radius 3 is 2.07 bits per heavy atom. The number of carbonyl (C=O) groups is 4. The van der Waals surface area contributed by atoms with Crippen LogP contribution < -0.4 is 14.8 Å². The number of hydrogen-bond acceptors (Lipinski definition) is 9. The minimum absolute atomic E-state index is 0.102. The molecule has 0 bridgehead atoms. The number of hydrogen-bond donors (Lipinski definition) is 2. The zero-order chi connectivity index (χ0) is 54.0. The number of ketones is 1. The first kappa shape index (κ1) is 57.0. The number of alkyl carbamates (subject to hydrolysis) is 1. The molecule has 11 nitrogen and oxygen atoms in total. The van der Waals surface area contributed by atoms with Gasteiger partial charge >= 0.3 is 18.0 Å². The van der Waals surface area contributed by atoms with Crippen LogP contribution in [0.3, 0.4) is 0 Å². The third-order valence-electron chi connectivity index (χ3n) is 19.5. The predicted molar refractivity (Wildman–Crippen MR) is 296 cm³/mol. The van der Waals surface area contributed by atoms with E-state index in [0.29, 0.717) is 49.1 Å². The van der Waals surface area contributed by atoms with Gasteiger partial charge in [0, 0.05) is 31.2 Å². The molecule has 3 aromatic carbocycles. The molecule has 5 aliphatic rings.